The molecule has 0 atom stereocenters. The van der Waals surface area contributed by atoms with Crippen LogP contribution in [-0.2, 0) is 6.61 Å². The maximum absolute atomic E-state index is 11.2. The van der Waals surface area contributed by atoms with E-state index in [2.05, 4.69) is 12.1 Å². The van der Waals surface area contributed by atoms with Gasteiger partial charge in [-0.25, -0.2) is 0 Å². The van der Waals surface area contributed by atoms with Crippen molar-refractivity contribution in [3.8, 4) is 56.8 Å². The minimum absolute atomic E-state index is 0.0682. The summed E-state index contributed by atoms with van der Waals surface area (Å²) in [5.41, 5.74) is 3.21. The molecule has 0 unspecified atom stereocenters. The molecule has 0 aromatic heterocycles. The zero-order valence-electron chi connectivity index (χ0n) is 20.4. The molecule has 0 aliphatic heterocycles. The minimum Gasteiger partial charge on any atom is -0.508 e. The van der Waals surface area contributed by atoms with Crippen molar-refractivity contribution in [2.45, 2.75) is 6.61 Å². The van der Waals surface area contributed by atoms with Crippen LogP contribution in [0.2, 0.25) is 0 Å². The van der Waals surface area contributed by atoms with Gasteiger partial charge in [0.15, 0.2) is 23.0 Å². The summed E-state index contributed by atoms with van der Waals surface area (Å²) in [7, 11) is 2.97. The third-order valence-electron chi connectivity index (χ3n) is 6.28. The number of methoxy groups -OCH3 is 2. The van der Waals surface area contributed by atoms with Gasteiger partial charge in [0.1, 0.15) is 18.1 Å². The molecule has 5 aromatic carbocycles. The minimum atomic E-state index is -0.130. The first kappa shape index (κ1) is 23.9. The predicted molar refractivity (Wildman–Crippen MR) is 144 cm³/mol. The third kappa shape index (κ3) is 4.69. The second-order valence-electron chi connectivity index (χ2n) is 8.58. The van der Waals surface area contributed by atoms with Gasteiger partial charge in [-0.05, 0) is 63.9 Å². The maximum atomic E-state index is 11.2. The van der Waals surface area contributed by atoms with Gasteiger partial charge in [-0.2, -0.15) is 0 Å². The molecule has 0 aliphatic rings. The van der Waals surface area contributed by atoms with E-state index in [1.807, 2.05) is 30.3 Å². The Morgan fingerprint density at radius 3 is 2.08 bits per heavy atom. The maximum Gasteiger partial charge on any atom is 0.170 e. The smallest absolute Gasteiger partial charge is 0.170 e. The van der Waals surface area contributed by atoms with Crippen LogP contribution in [0.5, 0.6) is 34.5 Å². The summed E-state index contributed by atoms with van der Waals surface area (Å²) >= 11 is 0. The Balaban J connectivity index is 1.46. The fourth-order valence-corrected chi connectivity index (χ4v) is 4.41. The largest absolute Gasteiger partial charge is 0.508 e. The molecular formula is C31H26O6. The van der Waals surface area contributed by atoms with E-state index in [0.29, 0.717) is 34.8 Å². The third-order valence-corrected chi connectivity index (χ3v) is 6.28. The highest BCUT2D eigenvalue weighted by Crippen LogP contribution is 2.50. The SMILES string of the molecule is COc1cc(-c2ccc(O)cc2)c(OC)c(O)c1-c1ccc(OCc2ccc3ccccc3c2)c(O)c1. The van der Waals surface area contributed by atoms with E-state index in [1.54, 1.807) is 42.5 Å². The summed E-state index contributed by atoms with van der Waals surface area (Å²) in [6.45, 7) is 0.293. The molecule has 0 radical (unpaired) electrons. The van der Waals surface area contributed by atoms with Crippen LogP contribution in [0.25, 0.3) is 33.0 Å². The molecule has 5 rings (SSSR count). The summed E-state index contributed by atoms with van der Waals surface area (Å²) in [4.78, 5) is 0. The number of fused-ring (bicyclic) bond motifs is 1. The number of hydrogen-bond acceptors (Lipinski definition) is 6. The van der Waals surface area contributed by atoms with E-state index in [9.17, 15) is 15.3 Å². The van der Waals surface area contributed by atoms with Gasteiger partial charge in [-0.15, -0.1) is 0 Å². The number of rotatable bonds is 7. The number of benzene rings is 5. The fourth-order valence-electron chi connectivity index (χ4n) is 4.41. The standard InChI is InChI=1S/C31H26O6/c1-35-28-17-25(21-9-12-24(32)13-10-21)31(36-2)30(34)29(28)23-11-14-27(26(33)16-23)37-18-19-7-8-20-5-3-4-6-22(20)15-19/h3-17,32-34H,18H2,1-2H3. The molecule has 6 heteroatoms. The van der Waals surface area contributed by atoms with Crippen LogP contribution < -0.4 is 14.2 Å². The molecule has 0 amide bonds. The van der Waals surface area contributed by atoms with E-state index in [0.717, 1.165) is 21.9 Å². The highest BCUT2D eigenvalue weighted by atomic mass is 16.5. The van der Waals surface area contributed by atoms with Crippen molar-refractivity contribution in [3.63, 3.8) is 0 Å². The van der Waals surface area contributed by atoms with E-state index in [4.69, 9.17) is 14.2 Å². The van der Waals surface area contributed by atoms with Crippen LogP contribution in [0.15, 0.2) is 91.0 Å². The Morgan fingerprint density at radius 1 is 0.649 bits per heavy atom. The highest BCUT2D eigenvalue weighted by molar-refractivity contribution is 5.88. The Morgan fingerprint density at radius 2 is 1.38 bits per heavy atom. The van der Waals surface area contributed by atoms with Crippen LogP contribution in [0, 0.1) is 0 Å². The fraction of sp³-hybridized carbons (Fsp3) is 0.0968. The molecule has 0 fully saturated rings. The Kier molecular flexibility index (Phi) is 6.47. The van der Waals surface area contributed by atoms with Crippen molar-refractivity contribution in [2.24, 2.45) is 0 Å². The Labute approximate surface area is 214 Å². The molecule has 0 aliphatic carbocycles. The molecular weight excluding hydrogens is 468 g/mol. The van der Waals surface area contributed by atoms with Gasteiger partial charge in [-0.1, -0.05) is 54.6 Å². The van der Waals surface area contributed by atoms with E-state index in [1.165, 1.54) is 20.3 Å². The normalized spacial score (nSPS) is 10.9. The quantitative estimate of drug-likeness (QED) is 0.228. The molecule has 37 heavy (non-hydrogen) atoms. The Hall–Kier alpha value is -4.84. The number of phenolic OH excluding ortho intramolecular Hbond substituents is 3. The van der Waals surface area contributed by atoms with Crippen molar-refractivity contribution >= 4 is 10.8 Å². The Bertz CT molecular complexity index is 1570. The van der Waals surface area contributed by atoms with E-state index < -0.39 is 0 Å². The first-order valence-corrected chi connectivity index (χ1v) is 11.7. The second-order valence-corrected chi connectivity index (χ2v) is 8.58. The van der Waals surface area contributed by atoms with Crippen molar-refractivity contribution < 1.29 is 29.5 Å². The van der Waals surface area contributed by atoms with Crippen LogP contribution in [0.1, 0.15) is 5.56 Å². The molecule has 5 aromatic rings. The van der Waals surface area contributed by atoms with Gasteiger partial charge in [0.2, 0.25) is 0 Å². The van der Waals surface area contributed by atoms with Crippen molar-refractivity contribution in [1.82, 2.24) is 0 Å². The molecule has 0 spiro atoms. The predicted octanol–water partition coefficient (Wildman–Crippen LogP) is 6.89. The van der Waals surface area contributed by atoms with Gasteiger partial charge in [-0.3, -0.25) is 0 Å². The lowest BCUT2D eigenvalue weighted by Crippen LogP contribution is -1.97. The number of ether oxygens (including phenoxy) is 3. The van der Waals surface area contributed by atoms with Crippen LogP contribution in [0.4, 0.5) is 0 Å². The molecule has 0 heterocycles. The lowest BCUT2D eigenvalue weighted by atomic mass is 9.96. The summed E-state index contributed by atoms with van der Waals surface area (Å²) in [6.07, 6.45) is 0. The first-order chi connectivity index (χ1) is 18.0. The number of aromatic hydroxyl groups is 3. The van der Waals surface area contributed by atoms with E-state index >= 15 is 0 Å². The monoisotopic (exact) mass is 494 g/mol. The van der Waals surface area contributed by atoms with Gasteiger partial charge in [0.05, 0.1) is 19.8 Å². The highest BCUT2D eigenvalue weighted by Gasteiger charge is 2.22. The van der Waals surface area contributed by atoms with Crippen LogP contribution in [-0.4, -0.2) is 29.5 Å². The first-order valence-electron chi connectivity index (χ1n) is 11.7. The molecule has 6 nitrogen and oxygen atoms in total. The van der Waals surface area contributed by atoms with Crippen molar-refractivity contribution in [3.05, 3.63) is 96.6 Å². The van der Waals surface area contributed by atoms with Gasteiger partial charge in [0.25, 0.3) is 0 Å². The number of phenols is 3. The lowest BCUT2D eigenvalue weighted by molar-refractivity contribution is 0.289. The molecule has 0 bridgehead atoms. The second kappa shape index (κ2) is 10.0. The topological polar surface area (TPSA) is 88.4 Å². The molecule has 186 valence electrons. The molecule has 3 N–H and O–H groups in total. The van der Waals surface area contributed by atoms with Gasteiger partial charge >= 0.3 is 0 Å². The van der Waals surface area contributed by atoms with E-state index in [-0.39, 0.29) is 23.0 Å². The van der Waals surface area contributed by atoms with Gasteiger partial charge < -0.3 is 29.5 Å². The average Bonchev–Trinajstić information content (AvgIpc) is 2.92. The van der Waals surface area contributed by atoms with Crippen LogP contribution in [0.3, 0.4) is 0 Å². The summed E-state index contributed by atoms with van der Waals surface area (Å²) < 4.78 is 17.0. The van der Waals surface area contributed by atoms with Crippen LogP contribution >= 0.6 is 0 Å². The van der Waals surface area contributed by atoms with Crippen molar-refractivity contribution in [2.75, 3.05) is 14.2 Å². The van der Waals surface area contributed by atoms with Crippen molar-refractivity contribution in [1.29, 1.82) is 0 Å². The number of hydrogen-bond donors (Lipinski definition) is 3. The lowest BCUT2D eigenvalue weighted by Gasteiger charge is -2.18. The zero-order chi connectivity index (χ0) is 25.9. The molecule has 0 saturated heterocycles. The summed E-state index contributed by atoms with van der Waals surface area (Å²) in [5, 5.41) is 33.8. The zero-order valence-corrected chi connectivity index (χ0v) is 20.4. The summed E-state index contributed by atoms with van der Waals surface area (Å²) in [5.74, 6) is 0.899. The molecule has 0 saturated carbocycles. The summed E-state index contributed by atoms with van der Waals surface area (Å²) in [6, 6.07) is 27.4. The van der Waals surface area contributed by atoms with Gasteiger partial charge in [0, 0.05) is 5.56 Å². The average molecular weight is 495 g/mol.